The van der Waals surface area contributed by atoms with E-state index in [-0.39, 0.29) is 6.04 Å². The molecule has 0 heterocycles. The lowest BCUT2D eigenvalue weighted by molar-refractivity contribution is -0.138. The van der Waals surface area contributed by atoms with Crippen LogP contribution in [0.25, 0.3) is 0 Å². The molecule has 3 N–H and O–H groups in total. The Labute approximate surface area is 103 Å². The summed E-state index contributed by atoms with van der Waals surface area (Å²) in [7, 11) is 0. The van der Waals surface area contributed by atoms with E-state index in [0.29, 0.717) is 0 Å². The lowest BCUT2D eigenvalue weighted by Crippen LogP contribution is -2.47. The summed E-state index contributed by atoms with van der Waals surface area (Å²) in [6, 6.07) is -1.11. The lowest BCUT2D eigenvalue weighted by atomic mass is 10.1. The first-order chi connectivity index (χ1) is 8.01. The van der Waals surface area contributed by atoms with Gasteiger partial charge in [0.05, 0.1) is 0 Å². The normalized spacial score (nSPS) is 13.8. The van der Waals surface area contributed by atoms with Crippen molar-refractivity contribution in [1.82, 2.24) is 10.6 Å². The van der Waals surface area contributed by atoms with E-state index in [4.69, 9.17) is 5.11 Å². The van der Waals surface area contributed by atoms with Crippen LogP contribution in [0.15, 0.2) is 0 Å². The van der Waals surface area contributed by atoms with Crippen molar-refractivity contribution in [2.45, 2.75) is 65.0 Å². The van der Waals surface area contributed by atoms with E-state index in [2.05, 4.69) is 24.5 Å². The van der Waals surface area contributed by atoms with Crippen LogP contribution in [0.4, 0.5) is 4.79 Å². The fourth-order valence-corrected chi connectivity index (χ4v) is 1.57. The number of nitrogens with one attached hydrogen (secondary N) is 2. The predicted molar refractivity (Wildman–Crippen MR) is 67.0 cm³/mol. The van der Waals surface area contributed by atoms with Gasteiger partial charge < -0.3 is 15.7 Å². The Morgan fingerprint density at radius 2 is 1.76 bits per heavy atom. The second kappa shape index (κ2) is 8.84. The minimum Gasteiger partial charge on any atom is -0.480 e. The third kappa shape index (κ3) is 7.60. The van der Waals surface area contributed by atoms with Crippen LogP contribution in [0.2, 0.25) is 0 Å². The fraction of sp³-hybridized carbons (Fsp3) is 0.833. The number of aliphatic carboxylic acids is 1. The van der Waals surface area contributed by atoms with E-state index in [1.807, 2.05) is 0 Å². The van der Waals surface area contributed by atoms with Crippen molar-refractivity contribution in [3.05, 3.63) is 0 Å². The quantitative estimate of drug-likeness (QED) is 0.612. The monoisotopic (exact) mass is 244 g/mol. The molecular weight excluding hydrogens is 220 g/mol. The minimum absolute atomic E-state index is 0.140. The van der Waals surface area contributed by atoms with E-state index in [1.165, 1.54) is 6.92 Å². The standard InChI is InChI=1S/C12H24N2O3/c1-4-6-8-10(7-5-2)14-12(17)13-9(3)11(15)16/h9-10H,4-8H2,1-3H3,(H,15,16)(H2,13,14,17)/t9-,10?/m0/s1. The van der Waals surface area contributed by atoms with Crippen LogP contribution in [0, 0.1) is 0 Å². The van der Waals surface area contributed by atoms with Crippen molar-refractivity contribution in [3.8, 4) is 0 Å². The number of hydrogen-bond acceptors (Lipinski definition) is 2. The molecule has 0 saturated carbocycles. The molecule has 0 fully saturated rings. The summed E-state index contributed by atoms with van der Waals surface area (Å²) in [5.41, 5.74) is 0. The van der Waals surface area contributed by atoms with Gasteiger partial charge in [-0.05, 0) is 19.8 Å². The largest absolute Gasteiger partial charge is 0.480 e. The van der Waals surface area contributed by atoms with Gasteiger partial charge in [0.1, 0.15) is 6.04 Å². The molecule has 1 unspecified atom stereocenters. The van der Waals surface area contributed by atoms with Gasteiger partial charge in [-0.3, -0.25) is 4.79 Å². The molecule has 0 aromatic heterocycles. The van der Waals surface area contributed by atoms with Crippen molar-refractivity contribution >= 4 is 12.0 Å². The molecule has 0 aliphatic carbocycles. The number of carboxylic acid groups (broad SMARTS) is 1. The second-order valence-electron chi connectivity index (χ2n) is 4.31. The first-order valence-corrected chi connectivity index (χ1v) is 6.31. The molecule has 0 spiro atoms. The van der Waals surface area contributed by atoms with Gasteiger partial charge >= 0.3 is 12.0 Å². The van der Waals surface area contributed by atoms with Crippen LogP contribution in [0.5, 0.6) is 0 Å². The number of carbonyl (C=O) groups excluding carboxylic acids is 1. The van der Waals surface area contributed by atoms with Crippen LogP contribution in [-0.2, 0) is 4.79 Å². The molecule has 0 aromatic carbocycles. The van der Waals surface area contributed by atoms with Gasteiger partial charge in [0.2, 0.25) is 0 Å². The third-order valence-electron chi connectivity index (χ3n) is 2.60. The van der Waals surface area contributed by atoms with E-state index in [9.17, 15) is 9.59 Å². The van der Waals surface area contributed by atoms with Gasteiger partial charge in [-0.2, -0.15) is 0 Å². The molecule has 5 nitrogen and oxygen atoms in total. The van der Waals surface area contributed by atoms with Gasteiger partial charge in [-0.25, -0.2) is 4.79 Å². The summed E-state index contributed by atoms with van der Waals surface area (Å²) in [6.45, 7) is 5.62. The molecule has 0 radical (unpaired) electrons. The Hall–Kier alpha value is -1.26. The number of carbonyl (C=O) groups is 2. The van der Waals surface area contributed by atoms with E-state index in [0.717, 1.165) is 32.1 Å². The summed E-state index contributed by atoms with van der Waals surface area (Å²) in [5.74, 6) is -1.03. The van der Waals surface area contributed by atoms with Crippen molar-refractivity contribution in [1.29, 1.82) is 0 Å². The van der Waals surface area contributed by atoms with Crippen molar-refractivity contribution in [2.75, 3.05) is 0 Å². The highest BCUT2D eigenvalue weighted by atomic mass is 16.4. The highest BCUT2D eigenvalue weighted by Gasteiger charge is 2.16. The van der Waals surface area contributed by atoms with E-state index in [1.54, 1.807) is 0 Å². The fourth-order valence-electron chi connectivity index (χ4n) is 1.57. The van der Waals surface area contributed by atoms with Crippen LogP contribution >= 0.6 is 0 Å². The highest BCUT2D eigenvalue weighted by molar-refractivity contribution is 5.82. The summed E-state index contributed by atoms with van der Waals surface area (Å²) in [5, 5.41) is 13.9. The number of unbranched alkanes of at least 4 members (excludes halogenated alkanes) is 1. The van der Waals surface area contributed by atoms with Crippen LogP contribution in [-0.4, -0.2) is 29.2 Å². The average Bonchev–Trinajstić information content (AvgIpc) is 2.25. The van der Waals surface area contributed by atoms with Gasteiger partial charge in [-0.15, -0.1) is 0 Å². The van der Waals surface area contributed by atoms with Crippen LogP contribution in [0.3, 0.4) is 0 Å². The molecule has 5 heteroatoms. The molecule has 2 atom stereocenters. The van der Waals surface area contributed by atoms with Gasteiger partial charge in [-0.1, -0.05) is 33.1 Å². The Kier molecular flexibility index (Phi) is 8.19. The highest BCUT2D eigenvalue weighted by Crippen LogP contribution is 2.06. The topological polar surface area (TPSA) is 78.4 Å². The molecule has 0 aromatic rings. The first kappa shape index (κ1) is 15.7. The zero-order valence-corrected chi connectivity index (χ0v) is 11.0. The lowest BCUT2D eigenvalue weighted by Gasteiger charge is -2.19. The molecule has 17 heavy (non-hydrogen) atoms. The molecule has 0 bridgehead atoms. The minimum atomic E-state index is -1.03. The maximum atomic E-state index is 11.5. The molecule has 0 saturated heterocycles. The maximum Gasteiger partial charge on any atom is 0.325 e. The molecule has 0 rings (SSSR count). The summed E-state index contributed by atoms with van der Waals surface area (Å²) in [4.78, 5) is 22.1. The summed E-state index contributed by atoms with van der Waals surface area (Å²) in [6.07, 6.45) is 5.03. The van der Waals surface area contributed by atoms with Crippen LogP contribution in [0.1, 0.15) is 52.9 Å². The zero-order valence-electron chi connectivity index (χ0n) is 11.0. The summed E-state index contributed by atoms with van der Waals surface area (Å²) < 4.78 is 0. The van der Waals surface area contributed by atoms with Crippen molar-refractivity contribution in [3.63, 3.8) is 0 Å². The maximum absolute atomic E-state index is 11.5. The van der Waals surface area contributed by atoms with Gasteiger partial charge in [0.25, 0.3) is 0 Å². The van der Waals surface area contributed by atoms with Crippen LogP contribution < -0.4 is 10.6 Å². The molecule has 100 valence electrons. The number of rotatable bonds is 8. The second-order valence-corrected chi connectivity index (χ2v) is 4.31. The summed E-state index contributed by atoms with van der Waals surface area (Å²) >= 11 is 0. The van der Waals surface area contributed by atoms with Crippen molar-refractivity contribution < 1.29 is 14.7 Å². The molecule has 0 aliphatic rings. The Morgan fingerprint density at radius 1 is 1.12 bits per heavy atom. The first-order valence-electron chi connectivity index (χ1n) is 6.31. The third-order valence-corrected chi connectivity index (χ3v) is 2.60. The molecule has 2 amide bonds. The Balaban J connectivity index is 4.06. The van der Waals surface area contributed by atoms with E-state index >= 15 is 0 Å². The zero-order chi connectivity index (χ0) is 13.3. The Bertz CT molecular complexity index is 244. The predicted octanol–water partition coefficient (Wildman–Crippen LogP) is 2.12. The number of urea groups is 1. The number of amides is 2. The van der Waals surface area contributed by atoms with Gasteiger partial charge in [0.15, 0.2) is 0 Å². The smallest absolute Gasteiger partial charge is 0.325 e. The van der Waals surface area contributed by atoms with Crippen molar-refractivity contribution in [2.24, 2.45) is 0 Å². The van der Waals surface area contributed by atoms with E-state index < -0.39 is 18.0 Å². The molecular formula is C12H24N2O3. The number of carboxylic acids is 1. The molecule has 0 aliphatic heterocycles. The average molecular weight is 244 g/mol. The van der Waals surface area contributed by atoms with Gasteiger partial charge in [0, 0.05) is 6.04 Å². The SMILES string of the molecule is CCCCC(CCC)NC(=O)N[C@@H](C)C(=O)O. The Morgan fingerprint density at radius 3 is 2.24 bits per heavy atom. The number of hydrogen-bond donors (Lipinski definition) is 3.